The van der Waals surface area contributed by atoms with Gasteiger partial charge in [-0.1, -0.05) is 6.07 Å². The number of benzene rings is 1. The Labute approximate surface area is 162 Å². The lowest BCUT2D eigenvalue weighted by molar-refractivity contribution is 0.0535. The lowest BCUT2D eigenvalue weighted by Crippen LogP contribution is -2.18. The van der Waals surface area contributed by atoms with Gasteiger partial charge in [0.15, 0.2) is 11.6 Å². The van der Waals surface area contributed by atoms with Gasteiger partial charge in [0.25, 0.3) is 0 Å². The first-order valence-electron chi connectivity index (χ1n) is 9.17. The summed E-state index contributed by atoms with van der Waals surface area (Å²) in [5.74, 6) is -0.377. The number of hydrogen-bond donors (Lipinski definition) is 1. The van der Waals surface area contributed by atoms with E-state index in [-0.39, 0.29) is 17.6 Å². The summed E-state index contributed by atoms with van der Waals surface area (Å²) in [7, 11) is 0. The molecule has 7 heteroatoms. The molecule has 1 N–H and O–H groups in total. The Hall–Kier alpha value is -3.06. The van der Waals surface area contributed by atoms with E-state index in [1.54, 1.807) is 23.3 Å². The summed E-state index contributed by atoms with van der Waals surface area (Å²) in [4.78, 5) is 19.9. The van der Waals surface area contributed by atoms with Crippen LogP contribution in [0.2, 0.25) is 0 Å². The topological polar surface area (TPSA) is 69.0 Å². The highest BCUT2D eigenvalue weighted by Crippen LogP contribution is 2.26. The van der Waals surface area contributed by atoms with Crippen molar-refractivity contribution in [3.05, 3.63) is 76.2 Å². The summed E-state index contributed by atoms with van der Waals surface area (Å²) in [5, 5.41) is 3.32. The molecule has 2 aromatic heterocycles. The van der Waals surface area contributed by atoms with Gasteiger partial charge in [0.1, 0.15) is 12.9 Å². The number of nitrogens with zero attached hydrogens (tertiary/aromatic N) is 3. The van der Waals surface area contributed by atoms with Gasteiger partial charge in [-0.05, 0) is 55.6 Å². The summed E-state index contributed by atoms with van der Waals surface area (Å²) in [6.07, 6.45) is 5.77. The number of ether oxygens (including phenoxy) is 1. The predicted molar refractivity (Wildman–Crippen MR) is 102 cm³/mol. The zero-order valence-electron chi connectivity index (χ0n) is 15.8. The van der Waals surface area contributed by atoms with Crippen LogP contribution in [0.15, 0.2) is 36.9 Å². The molecule has 0 saturated carbocycles. The van der Waals surface area contributed by atoms with Gasteiger partial charge in [0, 0.05) is 24.5 Å². The van der Waals surface area contributed by atoms with E-state index < -0.39 is 0 Å². The Bertz CT molecular complexity index is 1040. The molecule has 3 aromatic rings. The van der Waals surface area contributed by atoms with Crippen LogP contribution < -0.4 is 5.32 Å². The van der Waals surface area contributed by atoms with E-state index in [4.69, 9.17) is 4.74 Å². The zero-order valence-corrected chi connectivity index (χ0v) is 15.8. The molecular weight excluding hydrogens is 359 g/mol. The Kier molecular flexibility index (Phi) is 4.92. The minimum atomic E-state index is -0.379. The van der Waals surface area contributed by atoms with E-state index in [2.05, 4.69) is 15.3 Å². The number of pyridine rings is 1. The molecule has 0 unspecified atom stereocenters. The van der Waals surface area contributed by atoms with E-state index in [1.165, 1.54) is 11.6 Å². The van der Waals surface area contributed by atoms with Gasteiger partial charge < -0.3 is 10.1 Å². The summed E-state index contributed by atoms with van der Waals surface area (Å²) in [6.45, 7) is 5.48. The minimum absolute atomic E-state index is 0.244. The van der Waals surface area contributed by atoms with Gasteiger partial charge in [0.2, 0.25) is 0 Å². The normalized spacial score (nSPS) is 12.9. The number of aryl methyl sites for hydroxylation is 1. The molecule has 0 fully saturated rings. The molecule has 1 aromatic carbocycles. The number of esters is 1. The Morgan fingerprint density at radius 1 is 1.29 bits per heavy atom. The van der Waals surface area contributed by atoms with E-state index >= 15 is 0 Å². The number of rotatable bonds is 6. The number of cyclic esters (lactones) is 1. The van der Waals surface area contributed by atoms with Crippen molar-refractivity contribution in [3.8, 4) is 5.82 Å². The number of aromatic nitrogens is 3. The van der Waals surface area contributed by atoms with Gasteiger partial charge in [-0.15, -0.1) is 0 Å². The first-order chi connectivity index (χ1) is 13.5. The van der Waals surface area contributed by atoms with Crippen LogP contribution in [0.25, 0.3) is 5.82 Å². The van der Waals surface area contributed by atoms with Crippen LogP contribution in [0, 0.1) is 19.7 Å². The number of carbonyl (C=O) groups is 1. The molecule has 0 spiro atoms. The summed E-state index contributed by atoms with van der Waals surface area (Å²) >= 11 is 0. The smallest absolute Gasteiger partial charge is 0.338 e. The third-order valence-electron chi connectivity index (χ3n) is 5.01. The summed E-state index contributed by atoms with van der Waals surface area (Å²) < 4.78 is 21.0. The summed E-state index contributed by atoms with van der Waals surface area (Å²) in [6, 6.07) is 5.31. The number of halogens is 1. The molecule has 4 rings (SSSR count). The largest absolute Gasteiger partial charge is 0.457 e. The number of carbonyl (C=O) groups excluding carboxylic acids is 1. The second-order valence-electron chi connectivity index (χ2n) is 6.95. The van der Waals surface area contributed by atoms with E-state index in [0.29, 0.717) is 18.7 Å². The fourth-order valence-electron chi connectivity index (χ4n) is 3.42. The van der Waals surface area contributed by atoms with Crippen LogP contribution in [0.1, 0.15) is 38.3 Å². The van der Waals surface area contributed by atoms with Crippen LogP contribution >= 0.6 is 0 Å². The second kappa shape index (κ2) is 7.52. The van der Waals surface area contributed by atoms with Gasteiger partial charge in [-0.25, -0.2) is 19.2 Å². The van der Waals surface area contributed by atoms with Crippen molar-refractivity contribution in [1.29, 1.82) is 0 Å². The average Bonchev–Trinajstić information content (AvgIpc) is 3.27. The minimum Gasteiger partial charge on any atom is -0.457 e. The van der Waals surface area contributed by atoms with Crippen molar-refractivity contribution in [2.24, 2.45) is 0 Å². The van der Waals surface area contributed by atoms with Gasteiger partial charge in [0.05, 0.1) is 11.3 Å². The molecule has 0 radical (unpaired) electrons. The molecule has 0 atom stereocenters. The van der Waals surface area contributed by atoms with Crippen molar-refractivity contribution in [2.45, 2.75) is 33.4 Å². The highest BCUT2D eigenvalue weighted by atomic mass is 19.1. The molecule has 6 nitrogen and oxygen atoms in total. The van der Waals surface area contributed by atoms with Crippen molar-refractivity contribution in [2.75, 3.05) is 6.54 Å². The molecule has 0 saturated heterocycles. The maximum atomic E-state index is 14.4. The molecule has 144 valence electrons. The van der Waals surface area contributed by atoms with Gasteiger partial charge in [-0.2, -0.15) is 0 Å². The fourth-order valence-corrected chi connectivity index (χ4v) is 3.42. The quantitative estimate of drug-likeness (QED) is 0.526. The lowest BCUT2D eigenvalue weighted by atomic mass is 9.97. The highest BCUT2D eigenvalue weighted by Gasteiger charge is 2.23. The van der Waals surface area contributed by atoms with Crippen LogP contribution in [0.3, 0.4) is 0 Å². The number of nitrogens with one attached hydrogen (secondary N) is 1. The van der Waals surface area contributed by atoms with Crippen LogP contribution in [-0.4, -0.2) is 27.0 Å². The second-order valence-corrected chi connectivity index (χ2v) is 6.95. The number of imidazole rings is 1. The van der Waals surface area contributed by atoms with Crippen LogP contribution in [0.5, 0.6) is 0 Å². The van der Waals surface area contributed by atoms with E-state index in [0.717, 1.165) is 35.3 Å². The molecular formula is C21H21FN4O2. The lowest BCUT2D eigenvalue weighted by Gasteiger charge is -2.10. The number of fused-ring (bicyclic) bond motifs is 1. The molecule has 3 heterocycles. The predicted octanol–water partition coefficient (Wildman–Crippen LogP) is 3.03. The number of hydrogen-bond acceptors (Lipinski definition) is 5. The average molecular weight is 380 g/mol. The maximum absolute atomic E-state index is 14.4. The molecule has 28 heavy (non-hydrogen) atoms. The highest BCUT2D eigenvalue weighted by molar-refractivity contribution is 5.93. The molecule has 0 amide bonds. The Morgan fingerprint density at radius 2 is 2.14 bits per heavy atom. The first-order valence-corrected chi connectivity index (χ1v) is 9.17. The fraction of sp³-hybridized carbons (Fsp3) is 0.286. The van der Waals surface area contributed by atoms with Crippen molar-refractivity contribution in [3.63, 3.8) is 0 Å². The molecule has 1 aliphatic heterocycles. The van der Waals surface area contributed by atoms with Gasteiger partial charge >= 0.3 is 5.97 Å². The van der Waals surface area contributed by atoms with Crippen LogP contribution in [0.4, 0.5) is 4.39 Å². The maximum Gasteiger partial charge on any atom is 0.338 e. The standard InChI is InChI=1S/C21H21FN4O2/c1-13-10-26(12-25-13)20-19(22)7-15(9-24-20)8-23-6-5-16-3-4-17-18(14(16)2)11-28-21(17)27/h3-4,7,9-10,12,23H,5-6,8,11H2,1-2H3. The SMILES string of the molecule is Cc1cn(-c2ncc(CNCCc3ccc4c(c3C)COC4=O)cc2F)cn1. The zero-order chi connectivity index (χ0) is 19.7. The Morgan fingerprint density at radius 3 is 2.89 bits per heavy atom. The van der Waals surface area contributed by atoms with Crippen molar-refractivity contribution < 1.29 is 13.9 Å². The monoisotopic (exact) mass is 380 g/mol. The molecule has 0 bridgehead atoms. The molecule has 1 aliphatic rings. The van der Waals surface area contributed by atoms with Gasteiger partial charge in [-0.3, -0.25) is 4.57 Å². The van der Waals surface area contributed by atoms with Crippen LogP contribution in [-0.2, 0) is 24.3 Å². The van der Waals surface area contributed by atoms with Crippen molar-refractivity contribution in [1.82, 2.24) is 19.9 Å². The third kappa shape index (κ3) is 3.53. The Balaban J connectivity index is 1.35. The third-order valence-corrected chi connectivity index (χ3v) is 5.01. The van der Waals surface area contributed by atoms with E-state index in [1.807, 2.05) is 26.0 Å². The summed E-state index contributed by atoms with van der Waals surface area (Å²) in [5.41, 5.74) is 5.54. The first kappa shape index (κ1) is 18.3. The molecule has 0 aliphatic carbocycles. The van der Waals surface area contributed by atoms with Crippen molar-refractivity contribution >= 4 is 5.97 Å². The van der Waals surface area contributed by atoms with E-state index in [9.17, 15) is 9.18 Å².